The number of hydrogen-bond donors (Lipinski definition) is 1. The lowest BCUT2D eigenvalue weighted by molar-refractivity contribution is 0.0692. The Kier molecular flexibility index (Phi) is 6.40. The van der Waals surface area contributed by atoms with E-state index in [0.29, 0.717) is 31.9 Å². The molecule has 1 aromatic rings. The fraction of sp³-hybridized carbons (Fsp3) is 0.417. The molecule has 0 atom stereocenters. The molecule has 0 saturated carbocycles. The van der Waals surface area contributed by atoms with Gasteiger partial charge in [0.1, 0.15) is 11.8 Å². The Morgan fingerprint density at radius 2 is 2.28 bits per heavy atom. The van der Waals surface area contributed by atoms with Gasteiger partial charge in [0, 0.05) is 19.9 Å². The summed E-state index contributed by atoms with van der Waals surface area (Å²) in [5.41, 5.74) is 0.709. The van der Waals surface area contributed by atoms with Crippen LogP contribution in [0.4, 0.5) is 0 Å². The van der Waals surface area contributed by atoms with Crippen LogP contribution in [-0.4, -0.2) is 44.4 Å². The minimum Gasteiger partial charge on any atom is -0.382 e. The molecule has 18 heavy (non-hydrogen) atoms. The predicted octanol–water partition coefficient (Wildman–Crippen LogP) is 0.346. The summed E-state index contributed by atoms with van der Waals surface area (Å²) in [4.78, 5) is 15.5. The Balaban J connectivity index is 2.26. The van der Waals surface area contributed by atoms with Crippen molar-refractivity contribution in [3.63, 3.8) is 0 Å². The van der Waals surface area contributed by atoms with E-state index in [1.165, 1.54) is 12.3 Å². The van der Waals surface area contributed by atoms with Gasteiger partial charge in [0.05, 0.1) is 25.4 Å². The van der Waals surface area contributed by atoms with Crippen LogP contribution < -0.4 is 5.32 Å². The summed E-state index contributed by atoms with van der Waals surface area (Å²) >= 11 is 0. The van der Waals surface area contributed by atoms with Crippen molar-refractivity contribution in [3.8, 4) is 6.07 Å². The highest BCUT2D eigenvalue weighted by atomic mass is 16.5. The third-order valence-corrected chi connectivity index (χ3v) is 2.09. The zero-order chi connectivity index (χ0) is 13.2. The van der Waals surface area contributed by atoms with Gasteiger partial charge in [0.15, 0.2) is 0 Å². The van der Waals surface area contributed by atoms with Gasteiger partial charge < -0.3 is 14.8 Å². The van der Waals surface area contributed by atoms with E-state index < -0.39 is 0 Å². The van der Waals surface area contributed by atoms with Gasteiger partial charge in [0.25, 0.3) is 5.91 Å². The van der Waals surface area contributed by atoms with E-state index >= 15 is 0 Å². The van der Waals surface area contributed by atoms with Crippen LogP contribution in [0.25, 0.3) is 0 Å². The molecule has 6 heteroatoms. The first-order chi connectivity index (χ1) is 8.77. The Morgan fingerprint density at radius 1 is 1.44 bits per heavy atom. The second-order valence-electron chi connectivity index (χ2n) is 3.40. The van der Waals surface area contributed by atoms with E-state index in [9.17, 15) is 4.79 Å². The molecule has 1 heterocycles. The molecule has 0 aromatic carbocycles. The third-order valence-electron chi connectivity index (χ3n) is 2.09. The average Bonchev–Trinajstić information content (AvgIpc) is 2.42. The second kappa shape index (κ2) is 8.17. The molecule has 0 saturated heterocycles. The lowest BCUT2D eigenvalue weighted by Gasteiger charge is -2.05. The van der Waals surface area contributed by atoms with Gasteiger partial charge >= 0.3 is 0 Å². The average molecular weight is 249 g/mol. The van der Waals surface area contributed by atoms with E-state index in [1.807, 2.05) is 6.07 Å². The number of aromatic nitrogens is 1. The van der Waals surface area contributed by atoms with Crippen LogP contribution in [0.5, 0.6) is 0 Å². The van der Waals surface area contributed by atoms with Crippen LogP contribution in [0, 0.1) is 11.3 Å². The first-order valence-electron chi connectivity index (χ1n) is 5.49. The molecule has 1 rings (SSSR count). The predicted molar refractivity (Wildman–Crippen MR) is 64.0 cm³/mol. The fourth-order valence-corrected chi connectivity index (χ4v) is 1.17. The van der Waals surface area contributed by atoms with Crippen LogP contribution >= 0.6 is 0 Å². The number of nitrogens with zero attached hydrogens (tertiary/aromatic N) is 2. The maximum Gasteiger partial charge on any atom is 0.269 e. The fourth-order valence-electron chi connectivity index (χ4n) is 1.17. The molecule has 0 spiro atoms. The molecule has 0 aliphatic heterocycles. The minimum atomic E-state index is -0.283. The number of nitriles is 1. The Bertz CT molecular complexity index is 412. The van der Waals surface area contributed by atoms with Crippen molar-refractivity contribution in [1.29, 1.82) is 5.26 Å². The Labute approximate surface area is 106 Å². The number of methoxy groups -OCH3 is 1. The molecule has 6 nitrogen and oxygen atoms in total. The standard InChI is InChI=1S/C12H15N3O3/c1-17-6-7-18-5-4-14-12(16)11-3-2-10(8-13)9-15-11/h2-3,9H,4-7H2,1H3,(H,14,16). The number of rotatable bonds is 7. The summed E-state index contributed by atoms with van der Waals surface area (Å²) in [6, 6.07) is 5.01. The molecular formula is C12H15N3O3. The van der Waals surface area contributed by atoms with Crippen LogP contribution in [0.1, 0.15) is 16.1 Å². The summed E-state index contributed by atoms with van der Waals surface area (Å²) < 4.78 is 10.0. The number of ether oxygens (including phenoxy) is 2. The van der Waals surface area contributed by atoms with Gasteiger partial charge in [-0.1, -0.05) is 0 Å². The molecule has 0 aliphatic rings. The summed E-state index contributed by atoms with van der Waals surface area (Å²) in [5.74, 6) is -0.283. The van der Waals surface area contributed by atoms with Crippen LogP contribution in [-0.2, 0) is 9.47 Å². The van der Waals surface area contributed by atoms with E-state index in [-0.39, 0.29) is 11.6 Å². The van der Waals surface area contributed by atoms with E-state index in [4.69, 9.17) is 14.7 Å². The third kappa shape index (κ3) is 4.91. The van der Waals surface area contributed by atoms with Gasteiger partial charge in [-0.3, -0.25) is 4.79 Å². The highest BCUT2D eigenvalue weighted by Crippen LogP contribution is 1.98. The Morgan fingerprint density at radius 3 is 2.89 bits per heavy atom. The smallest absolute Gasteiger partial charge is 0.269 e. The topological polar surface area (TPSA) is 84.2 Å². The quantitative estimate of drug-likeness (QED) is 0.705. The SMILES string of the molecule is COCCOCCNC(=O)c1ccc(C#N)cn1. The number of pyridine rings is 1. The molecule has 1 aromatic heterocycles. The monoisotopic (exact) mass is 249 g/mol. The largest absolute Gasteiger partial charge is 0.382 e. The van der Waals surface area contributed by atoms with Crippen LogP contribution in [0.3, 0.4) is 0 Å². The highest BCUT2D eigenvalue weighted by molar-refractivity contribution is 5.92. The summed E-state index contributed by atoms with van der Waals surface area (Å²) in [5, 5.41) is 11.3. The van der Waals surface area contributed by atoms with Gasteiger partial charge in [0.2, 0.25) is 0 Å². The molecule has 1 amide bonds. The van der Waals surface area contributed by atoms with Crippen LogP contribution in [0.15, 0.2) is 18.3 Å². The van der Waals surface area contributed by atoms with E-state index in [1.54, 1.807) is 13.2 Å². The lowest BCUT2D eigenvalue weighted by atomic mass is 10.2. The van der Waals surface area contributed by atoms with Crippen LogP contribution in [0.2, 0.25) is 0 Å². The molecule has 1 N–H and O–H groups in total. The van der Waals surface area contributed by atoms with Gasteiger partial charge in [-0.25, -0.2) is 4.98 Å². The van der Waals surface area contributed by atoms with E-state index in [2.05, 4.69) is 10.3 Å². The summed E-state index contributed by atoms with van der Waals surface area (Å²) in [6.07, 6.45) is 1.37. The maximum atomic E-state index is 11.6. The van der Waals surface area contributed by atoms with Crippen molar-refractivity contribution in [2.75, 3.05) is 33.5 Å². The molecule has 96 valence electrons. The normalized spacial score (nSPS) is 9.78. The number of hydrogen-bond acceptors (Lipinski definition) is 5. The molecular weight excluding hydrogens is 234 g/mol. The highest BCUT2D eigenvalue weighted by Gasteiger charge is 2.05. The number of nitrogens with one attached hydrogen (secondary N) is 1. The molecule has 0 bridgehead atoms. The number of carbonyl (C=O) groups is 1. The number of amides is 1. The minimum absolute atomic E-state index is 0.283. The Hall–Kier alpha value is -1.97. The lowest BCUT2D eigenvalue weighted by Crippen LogP contribution is -2.28. The maximum absolute atomic E-state index is 11.6. The van der Waals surface area contributed by atoms with Crippen molar-refractivity contribution >= 4 is 5.91 Å². The van der Waals surface area contributed by atoms with Gasteiger partial charge in [-0.2, -0.15) is 5.26 Å². The number of carbonyl (C=O) groups excluding carboxylic acids is 1. The zero-order valence-electron chi connectivity index (χ0n) is 10.2. The zero-order valence-corrected chi connectivity index (χ0v) is 10.2. The molecule has 0 aliphatic carbocycles. The molecule has 0 radical (unpaired) electrons. The van der Waals surface area contributed by atoms with Crippen molar-refractivity contribution in [2.45, 2.75) is 0 Å². The van der Waals surface area contributed by atoms with Crippen molar-refractivity contribution in [1.82, 2.24) is 10.3 Å². The van der Waals surface area contributed by atoms with E-state index in [0.717, 1.165) is 0 Å². The van der Waals surface area contributed by atoms with Gasteiger partial charge in [-0.05, 0) is 12.1 Å². The summed E-state index contributed by atoms with van der Waals surface area (Å²) in [7, 11) is 1.60. The summed E-state index contributed by atoms with van der Waals surface area (Å²) in [6.45, 7) is 1.86. The first-order valence-corrected chi connectivity index (χ1v) is 5.49. The molecule has 0 fully saturated rings. The van der Waals surface area contributed by atoms with Gasteiger partial charge in [-0.15, -0.1) is 0 Å². The van der Waals surface area contributed by atoms with Crippen molar-refractivity contribution in [3.05, 3.63) is 29.6 Å². The first kappa shape index (κ1) is 14.1. The van der Waals surface area contributed by atoms with Crippen molar-refractivity contribution < 1.29 is 14.3 Å². The second-order valence-corrected chi connectivity index (χ2v) is 3.40. The molecule has 0 unspecified atom stereocenters. The van der Waals surface area contributed by atoms with Crippen molar-refractivity contribution in [2.24, 2.45) is 0 Å².